The summed E-state index contributed by atoms with van der Waals surface area (Å²) < 4.78 is 38.6. The Morgan fingerprint density at radius 2 is 1.65 bits per heavy atom. The summed E-state index contributed by atoms with van der Waals surface area (Å²) in [6, 6.07) is 15.3. The maximum Gasteiger partial charge on any atom is 0.326 e. The Kier molecular flexibility index (Phi) is 12.9. The van der Waals surface area contributed by atoms with Crippen molar-refractivity contribution in [1.29, 1.82) is 5.41 Å². The van der Waals surface area contributed by atoms with Gasteiger partial charge < -0.3 is 30.9 Å². The van der Waals surface area contributed by atoms with Crippen molar-refractivity contribution >= 4 is 56.9 Å². The number of amidine groups is 1. The van der Waals surface area contributed by atoms with Crippen LogP contribution in [0.1, 0.15) is 35.3 Å². The molecule has 0 radical (unpaired) electrons. The molecule has 3 aromatic carbocycles. The minimum absolute atomic E-state index is 0.0107. The van der Waals surface area contributed by atoms with Crippen molar-refractivity contribution in [2.45, 2.75) is 31.7 Å². The monoisotopic (exact) mass is 696 g/mol. The Balaban J connectivity index is 0.00000154. The first-order valence-corrected chi connectivity index (χ1v) is 16.1. The van der Waals surface area contributed by atoms with Crippen LogP contribution in [0.4, 0.5) is 11.4 Å². The second-order valence-electron chi connectivity index (χ2n) is 10.5. The number of hydrogen-bond donors (Lipinski definition) is 6. The van der Waals surface area contributed by atoms with Gasteiger partial charge in [-0.15, -0.1) is 0 Å². The number of carboxylic acids is 1. The smallest absolute Gasteiger partial charge is 0.326 e. The first kappa shape index (κ1) is 37.6. The summed E-state index contributed by atoms with van der Waals surface area (Å²) in [6.07, 6.45) is 0. The molecule has 3 amide bonds. The van der Waals surface area contributed by atoms with E-state index in [0.29, 0.717) is 16.8 Å². The molecule has 0 aromatic heterocycles. The number of hydrogen-bond acceptors (Lipinski definition) is 10. The highest BCUT2D eigenvalue weighted by molar-refractivity contribution is 7.89. The van der Waals surface area contributed by atoms with E-state index in [1.54, 1.807) is 38.1 Å². The summed E-state index contributed by atoms with van der Waals surface area (Å²) in [5, 5.41) is 20.1. The Morgan fingerprint density at radius 3 is 2.24 bits per heavy atom. The van der Waals surface area contributed by atoms with Crippen LogP contribution in [0.25, 0.3) is 0 Å². The largest absolute Gasteiger partial charge is 0.481 e. The Hall–Kier alpha value is -5.81. The van der Waals surface area contributed by atoms with Crippen LogP contribution in [0.15, 0.2) is 71.6 Å². The summed E-state index contributed by atoms with van der Waals surface area (Å²) in [7, 11) is -4.13. The molecule has 260 valence electrons. The number of nitrogens with one attached hydrogen (secondary N) is 4. The fourth-order valence-corrected chi connectivity index (χ4v) is 5.45. The predicted octanol–water partition coefficient (Wildman–Crippen LogP) is 1.37. The third-order valence-electron chi connectivity index (χ3n) is 6.62. The molecule has 0 aliphatic carbocycles. The second kappa shape index (κ2) is 16.8. The molecule has 17 heteroatoms. The van der Waals surface area contributed by atoms with Crippen LogP contribution in [-0.2, 0) is 33.9 Å². The standard InChI is InChI=1S/C30H32N6O8S.C2H4O2/c1-3-43-30(40)23(35-45(41,42)22-11-4-18(2)5-12-22)15-33-26(37)16-36-24-13-10-21(14-25(24)44-17-27(36)38)34-29(39)20-8-6-19(7-9-20)28(31)32;1-2(3)4/h4-14,23,35H,3,15-17H2,1-2H3,(H3,31,32)(H,33,37)(H,34,39);1H3,(H,3,4)/t23-;/m0./s1. The van der Waals surface area contributed by atoms with Crippen LogP contribution in [0, 0.1) is 12.3 Å². The van der Waals surface area contributed by atoms with Gasteiger partial charge in [-0.25, -0.2) is 8.42 Å². The number of rotatable bonds is 12. The van der Waals surface area contributed by atoms with Crippen molar-refractivity contribution in [3.8, 4) is 5.75 Å². The topological polar surface area (TPSA) is 247 Å². The number of esters is 1. The average Bonchev–Trinajstić information content (AvgIpc) is 3.04. The van der Waals surface area contributed by atoms with Gasteiger partial charge in [-0.05, 0) is 50.2 Å². The lowest BCUT2D eigenvalue weighted by molar-refractivity contribution is -0.145. The number of nitrogen functional groups attached to an aromatic ring is 1. The molecule has 7 N–H and O–H groups in total. The van der Waals surface area contributed by atoms with Crippen molar-refractivity contribution < 1.29 is 47.0 Å². The molecule has 16 nitrogen and oxygen atoms in total. The number of nitrogens with two attached hydrogens (primary N) is 1. The van der Waals surface area contributed by atoms with Gasteiger partial charge in [-0.1, -0.05) is 29.8 Å². The number of anilines is 2. The number of benzene rings is 3. The summed E-state index contributed by atoms with van der Waals surface area (Å²) in [4.78, 5) is 60.9. The zero-order valence-electron chi connectivity index (χ0n) is 26.8. The summed E-state index contributed by atoms with van der Waals surface area (Å²) in [6.45, 7) is 3.17. The summed E-state index contributed by atoms with van der Waals surface area (Å²) in [5.41, 5.74) is 7.74. The van der Waals surface area contributed by atoms with E-state index >= 15 is 0 Å². The Bertz CT molecular complexity index is 1830. The van der Waals surface area contributed by atoms with E-state index in [4.69, 9.17) is 30.5 Å². The van der Waals surface area contributed by atoms with Crippen LogP contribution < -0.4 is 30.7 Å². The molecule has 0 bridgehead atoms. The maximum atomic E-state index is 12.9. The van der Waals surface area contributed by atoms with E-state index in [1.165, 1.54) is 47.4 Å². The van der Waals surface area contributed by atoms with E-state index in [1.807, 2.05) is 0 Å². The molecule has 0 unspecified atom stereocenters. The Morgan fingerprint density at radius 1 is 1.04 bits per heavy atom. The van der Waals surface area contributed by atoms with Crippen LogP contribution >= 0.6 is 0 Å². The highest BCUT2D eigenvalue weighted by Crippen LogP contribution is 2.34. The molecule has 0 fully saturated rings. The molecular formula is C32H36N6O10S. The molecule has 1 heterocycles. The molecule has 4 rings (SSSR count). The van der Waals surface area contributed by atoms with E-state index in [-0.39, 0.29) is 35.4 Å². The lowest BCUT2D eigenvalue weighted by atomic mass is 10.1. The van der Waals surface area contributed by atoms with E-state index in [2.05, 4.69) is 15.4 Å². The molecule has 0 saturated heterocycles. The normalized spacial score (nSPS) is 12.6. The lowest BCUT2D eigenvalue weighted by Gasteiger charge is -2.29. The molecule has 1 aliphatic rings. The lowest BCUT2D eigenvalue weighted by Crippen LogP contribution is -2.51. The minimum atomic E-state index is -4.13. The fourth-order valence-electron chi connectivity index (χ4n) is 4.26. The van der Waals surface area contributed by atoms with Crippen molar-refractivity contribution in [2.75, 3.05) is 36.5 Å². The number of nitrogens with zero attached hydrogens (tertiary/aromatic N) is 1. The highest BCUT2D eigenvalue weighted by atomic mass is 32.2. The first-order valence-electron chi connectivity index (χ1n) is 14.7. The third-order valence-corrected chi connectivity index (χ3v) is 8.11. The molecule has 1 atom stereocenters. The summed E-state index contributed by atoms with van der Waals surface area (Å²) in [5.74, 6) is -3.22. The van der Waals surface area contributed by atoms with Crippen molar-refractivity contribution in [3.63, 3.8) is 0 Å². The number of aryl methyl sites for hydroxylation is 1. The van der Waals surface area contributed by atoms with E-state index in [9.17, 15) is 27.6 Å². The van der Waals surface area contributed by atoms with Crippen LogP contribution in [0.5, 0.6) is 5.75 Å². The van der Waals surface area contributed by atoms with E-state index in [0.717, 1.165) is 12.5 Å². The molecule has 1 aliphatic heterocycles. The van der Waals surface area contributed by atoms with Crippen molar-refractivity contribution in [1.82, 2.24) is 10.0 Å². The average molecular weight is 697 g/mol. The number of ether oxygens (including phenoxy) is 2. The fraction of sp³-hybridized carbons (Fsp3) is 0.250. The molecule has 0 saturated carbocycles. The highest BCUT2D eigenvalue weighted by Gasteiger charge is 2.30. The number of carbonyl (C=O) groups excluding carboxylic acids is 4. The van der Waals surface area contributed by atoms with E-state index < -0.39 is 58.8 Å². The van der Waals surface area contributed by atoms with Crippen LogP contribution in [-0.4, -0.2) is 81.4 Å². The number of sulfonamides is 1. The van der Waals surface area contributed by atoms with Crippen molar-refractivity contribution in [3.05, 3.63) is 83.4 Å². The van der Waals surface area contributed by atoms with Gasteiger partial charge in [0.15, 0.2) is 6.61 Å². The number of fused-ring (bicyclic) bond motifs is 1. The number of aliphatic carboxylic acids is 1. The predicted molar refractivity (Wildman–Crippen MR) is 178 cm³/mol. The van der Waals surface area contributed by atoms with Crippen LogP contribution in [0.3, 0.4) is 0 Å². The number of carbonyl (C=O) groups is 5. The molecular weight excluding hydrogens is 660 g/mol. The van der Waals surface area contributed by atoms with Gasteiger partial charge in [0, 0.05) is 36.3 Å². The first-order chi connectivity index (χ1) is 23.1. The summed E-state index contributed by atoms with van der Waals surface area (Å²) >= 11 is 0. The zero-order valence-corrected chi connectivity index (χ0v) is 27.6. The molecule has 3 aromatic rings. The van der Waals surface area contributed by atoms with Crippen LogP contribution in [0.2, 0.25) is 0 Å². The molecule has 0 spiro atoms. The number of amides is 3. The van der Waals surface area contributed by atoms with Gasteiger partial charge in [-0.3, -0.25) is 34.3 Å². The number of carboxylic acid groups (broad SMARTS) is 1. The maximum absolute atomic E-state index is 12.9. The second-order valence-corrected chi connectivity index (χ2v) is 12.2. The van der Waals surface area contributed by atoms with Gasteiger partial charge in [0.2, 0.25) is 15.9 Å². The molecule has 49 heavy (non-hydrogen) atoms. The van der Waals surface area contributed by atoms with Gasteiger partial charge in [0.25, 0.3) is 17.8 Å². The third kappa shape index (κ3) is 10.9. The minimum Gasteiger partial charge on any atom is -0.481 e. The van der Waals surface area contributed by atoms with Gasteiger partial charge in [-0.2, -0.15) is 4.72 Å². The Labute approximate surface area is 282 Å². The quantitative estimate of drug-likeness (QED) is 0.0897. The zero-order chi connectivity index (χ0) is 36.3. The van der Waals surface area contributed by atoms with Gasteiger partial charge >= 0.3 is 5.97 Å². The van der Waals surface area contributed by atoms with Gasteiger partial charge in [0.05, 0.1) is 17.2 Å². The van der Waals surface area contributed by atoms with Crippen molar-refractivity contribution in [2.24, 2.45) is 5.73 Å². The van der Waals surface area contributed by atoms with Gasteiger partial charge in [0.1, 0.15) is 24.2 Å². The SMILES string of the molecule is CC(=O)O.CCOC(=O)[C@H](CNC(=O)CN1C(=O)COc2cc(NC(=O)c3ccc(C(=N)N)cc3)ccc21)NS(=O)(=O)c1ccc(C)cc1.